The van der Waals surface area contributed by atoms with Gasteiger partial charge in [0, 0.05) is 0 Å². The van der Waals surface area contributed by atoms with Gasteiger partial charge in [0.15, 0.2) is 6.61 Å². The summed E-state index contributed by atoms with van der Waals surface area (Å²) in [6.07, 6.45) is 0. The van der Waals surface area contributed by atoms with Gasteiger partial charge in [-0.1, -0.05) is 18.2 Å². The molecule has 2 aromatic rings. The van der Waals surface area contributed by atoms with Gasteiger partial charge in [-0.3, -0.25) is 14.5 Å². The van der Waals surface area contributed by atoms with Gasteiger partial charge in [-0.15, -0.1) is 0 Å². The van der Waals surface area contributed by atoms with E-state index in [1.54, 1.807) is 24.3 Å². The molecular weight excluding hydrogens is 362 g/mol. The highest BCUT2D eigenvalue weighted by molar-refractivity contribution is 6.10. The lowest BCUT2D eigenvalue weighted by molar-refractivity contribution is -0.124. The summed E-state index contributed by atoms with van der Waals surface area (Å²) in [6.45, 7) is -3.84. The number of fused-ring (bicyclic) bond motifs is 1. The minimum absolute atomic E-state index is 0.0438. The largest absolute Gasteiger partial charge is 0.452 e. The van der Waals surface area contributed by atoms with Gasteiger partial charge in [0.2, 0.25) is 5.91 Å². The van der Waals surface area contributed by atoms with Crippen molar-refractivity contribution < 1.29 is 32.6 Å². The number of amides is 2. The fraction of sp³-hybridized carbons (Fsp3) is 0.167. The van der Waals surface area contributed by atoms with Gasteiger partial charge in [-0.25, -0.2) is 4.79 Å². The standard InChI is InChI=1S/C18H14F2N2O5/c19-18(20)27-12-5-3-4-11(8-12)17(25)26-10-16(24)22-9-15(23)21-13-6-1-2-7-14(13)22/h1-8,18H,9-10H2,(H,21,23). The Morgan fingerprint density at radius 2 is 1.93 bits per heavy atom. The second-order valence-electron chi connectivity index (χ2n) is 5.53. The van der Waals surface area contributed by atoms with E-state index < -0.39 is 25.1 Å². The van der Waals surface area contributed by atoms with E-state index in [0.717, 1.165) is 6.07 Å². The van der Waals surface area contributed by atoms with Crippen molar-refractivity contribution in [1.29, 1.82) is 0 Å². The molecule has 0 saturated carbocycles. The highest BCUT2D eigenvalue weighted by atomic mass is 19.3. The van der Waals surface area contributed by atoms with Crippen LogP contribution in [-0.2, 0) is 14.3 Å². The lowest BCUT2D eigenvalue weighted by Gasteiger charge is -2.28. The van der Waals surface area contributed by atoms with E-state index in [0.29, 0.717) is 11.4 Å². The number of rotatable bonds is 5. The third kappa shape index (κ3) is 4.38. The van der Waals surface area contributed by atoms with E-state index in [1.165, 1.54) is 23.1 Å². The highest BCUT2D eigenvalue weighted by Gasteiger charge is 2.27. The Balaban J connectivity index is 1.66. The Hall–Kier alpha value is -3.49. The van der Waals surface area contributed by atoms with Crippen molar-refractivity contribution in [1.82, 2.24) is 0 Å². The molecule has 0 spiro atoms. The number of halogens is 2. The molecule has 140 valence electrons. The second-order valence-corrected chi connectivity index (χ2v) is 5.53. The average molecular weight is 376 g/mol. The molecule has 0 fully saturated rings. The van der Waals surface area contributed by atoms with Gasteiger partial charge in [0.1, 0.15) is 12.3 Å². The summed E-state index contributed by atoms with van der Waals surface area (Å²) < 4.78 is 33.7. The normalized spacial score (nSPS) is 13.0. The molecule has 0 saturated heterocycles. The molecule has 1 N–H and O–H groups in total. The number of hydrogen-bond donors (Lipinski definition) is 1. The van der Waals surface area contributed by atoms with Crippen LogP contribution in [0.4, 0.5) is 20.2 Å². The third-order valence-corrected chi connectivity index (χ3v) is 3.69. The molecular formula is C18H14F2N2O5. The van der Waals surface area contributed by atoms with Crippen molar-refractivity contribution >= 4 is 29.2 Å². The monoisotopic (exact) mass is 376 g/mol. The van der Waals surface area contributed by atoms with Gasteiger partial charge in [-0.2, -0.15) is 8.78 Å². The number of hydrogen-bond acceptors (Lipinski definition) is 5. The molecule has 1 heterocycles. The second kappa shape index (κ2) is 7.81. The number of carbonyl (C=O) groups excluding carboxylic acids is 3. The SMILES string of the molecule is O=C1CN(C(=O)COC(=O)c2cccc(OC(F)F)c2)c2ccccc2N1. The van der Waals surface area contributed by atoms with Crippen LogP contribution >= 0.6 is 0 Å². The quantitative estimate of drug-likeness (QED) is 0.811. The zero-order chi connectivity index (χ0) is 19.4. The Kier molecular flexibility index (Phi) is 5.30. The Labute approximate surface area is 152 Å². The highest BCUT2D eigenvalue weighted by Crippen LogP contribution is 2.28. The van der Waals surface area contributed by atoms with Crippen LogP contribution in [0.2, 0.25) is 0 Å². The van der Waals surface area contributed by atoms with Crippen molar-refractivity contribution in [3.05, 3.63) is 54.1 Å². The lowest BCUT2D eigenvalue weighted by Crippen LogP contribution is -2.44. The maximum atomic E-state index is 12.4. The first-order valence-corrected chi connectivity index (χ1v) is 7.85. The fourth-order valence-electron chi connectivity index (χ4n) is 2.54. The smallest absolute Gasteiger partial charge is 0.387 e. The van der Waals surface area contributed by atoms with Crippen LogP contribution in [0.25, 0.3) is 0 Å². The maximum absolute atomic E-state index is 12.4. The van der Waals surface area contributed by atoms with Crippen LogP contribution in [-0.4, -0.2) is 37.5 Å². The minimum atomic E-state index is -3.02. The third-order valence-electron chi connectivity index (χ3n) is 3.69. The molecule has 0 aromatic heterocycles. The first-order chi connectivity index (χ1) is 12.9. The van der Waals surface area contributed by atoms with E-state index in [1.807, 2.05) is 0 Å². The molecule has 0 atom stereocenters. The van der Waals surface area contributed by atoms with E-state index >= 15 is 0 Å². The van der Waals surface area contributed by atoms with Gasteiger partial charge in [0.25, 0.3) is 5.91 Å². The van der Waals surface area contributed by atoms with Gasteiger partial charge in [-0.05, 0) is 30.3 Å². The summed E-state index contributed by atoms with van der Waals surface area (Å²) in [6, 6.07) is 11.8. The van der Waals surface area contributed by atoms with Crippen LogP contribution in [0.3, 0.4) is 0 Å². The Morgan fingerprint density at radius 3 is 2.70 bits per heavy atom. The first-order valence-electron chi connectivity index (χ1n) is 7.85. The van der Waals surface area contributed by atoms with Crippen LogP contribution in [0.5, 0.6) is 5.75 Å². The number of anilines is 2. The molecule has 0 aliphatic carbocycles. The summed E-state index contributed by atoms with van der Waals surface area (Å²) in [5.41, 5.74) is 0.925. The number of esters is 1. The minimum Gasteiger partial charge on any atom is -0.452 e. The van der Waals surface area contributed by atoms with Crippen LogP contribution in [0.15, 0.2) is 48.5 Å². The zero-order valence-electron chi connectivity index (χ0n) is 13.9. The van der Waals surface area contributed by atoms with E-state index in [2.05, 4.69) is 10.1 Å². The zero-order valence-corrected chi connectivity index (χ0v) is 13.9. The van der Waals surface area contributed by atoms with Crippen molar-refractivity contribution in [2.75, 3.05) is 23.4 Å². The van der Waals surface area contributed by atoms with Gasteiger partial charge >= 0.3 is 12.6 Å². The summed E-state index contributed by atoms with van der Waals surface area (Å²) in [4.78, 5) is 37.4. The topological polar surface area (TPSA) is 84.9 Å². The molecule has 0 unspecified atom stereocenters. The molecule has 27 heavy (non-hydrogen) atoms. The maximum Gasteiger partial charge on any atom is 0.387 e. The number of carbonyl (C=O) groups is 3. The summed E-state index contributed by atoms with van der Waals surface area (Å²) in [5, 5.41) is 2.64. The molecule has 0 bridgehead atoms. The number of nitrogens with one attached hydrogen (secondary N) is 1. The predicted octanol–water partition coefficient (Wildman–Crippen LogP) is 2.43. The van der Waals surface area contributed by atoms with Crippen molar-refractivity contribution in [3.63, 3.8) is 0 Å². The molecule has 9 heteroatoms. The van der Waals surface area contributed by atoms with E-state index in [4.69, 9.17) is 4.74 Å². The number of nitrogens with zero attached hydrogens (tertiary/aromatic N) is 1. The van der Waals surface area contributed by atoms with Crippen LogP contribution in [0, 0.1) is 0 Å². The summed E-state index contributed by atoms with van der Waals surface area (Å²) in [7, 11) is 0. The molecule has 7 nitrogen and oxygen atoms in total. The van der Waals surface area contributed by atoms with Crippen LogP contribution in [0.1, 0.15) is 10.4 Å². The Morgan fingerprint density at radius 1 is 1.15 bits per heavy atom. The number of para-hydroxylation sites is 2. The molecule has 0 radical (unpaired) electrons. The molecule has 1 aliphatic rings. The number of alkyl halides is 2. The predicted molar refractivity (Wildman–Crippen MR) is 90.8 cm³/mol. The van der Waals surface area contributed by atoms with Gasteiger partial charge < -0.3 is 14.8 Å². The number of benzene rings is 2. The number of ether oxygens (including phenoxy) is 2. The van der Waals surface area contributed by atoms with Crippen molar-refractivity contribution in [2.24, 2.45) is 0 Å². The average Bonchev–Trinajstić information content (AvgIpc) is 2.64. The van der Waals surface area contributed by atoms with Crippen molar-refractivity contribution in [2.45, 2.75) is 6.61 Å². The lowest BCUT2D eigenvalue weighted by atomic mass is 10.2. The van der Waals surface area contributed by atoms with E-state index in [-0.39, 0.29) is 23.8 Å². The first kappa shape index (κ1) is 18.3. The molecule has 2 aromatic carbocycles. The summed E-state index contributed by atoms with van der Waals surface area (Å²) >= 11 is 0. The van der Waals surface area contributed by atoms with E-state index in [9.17, 15) is 23.2 Å². The Bertz CT molecular complexity index is 888. The summed E-state index contributed by atoms with van der Waals surface area (Å²) in [5.74, 6) is -2.04. The van der Waals surface area contributed by atoms with Crippen molar-refractivity contribution in [3.8, 4) is 5.75 Å². The molecule has 2 amide bonds. The van der Waals surface area contributed by atoms with Gasteiger partial charge in [0.05, 0.1) is 16.9 Å². The van der Waals surface area contributed by atoms with Crippen LogP contribution < -0.4 is 15.0 Å². The molecule has 3 rings (SSSR count). The fourth-order valence-corrected chi connectivity index (χ4v) is 2.54. The molecule has 1 aliphatic heterocycles.